The summed E-state index contributed by atoms with van der Waals surface area (Å²) >= 11 is 4.24. The monoisotopic (exact) mass is 596 g/mol. The van der Waals surface area contributed by atoms with Gasteiger partial charge in [0.15, 0.2) is 0 Å². The van der Waals surface area contributed by atoms with Gasteiger partial charge in [-0.05, 0) is 33.7 Å². The smallest absolute Gasteiger partial charge is 0.131 e. The molecule has 0 saturated carbocycles. The normalized spacial score (nSPS) is 10.6. The number of halogens is 2. The van der Waals surface area contributed by atoms with Gasteiger partial charge in [-0.25, -0.2) is 0 Å². The Morgan fingerprint density at radius 3 is 1.39 bits per heavy atom. The number of benzene rings is 4. The maximum absolute atomic E-state index is 6.19. The van der Waals surface area contributed by atoms with E-state index in [1.165, 1.54) is 32.7 Å². The van der Waals surface area contributed by atoms with Crippen molar-refractivity contribution in [2.24, 2.45) is 0 Å². The Bertz CT molecular complexity index is 958. The molecule has 0 aliphatic carbocycles. The Balaban J connectivity index is 0.000000430. The summed E-state index contributed by atoms with van der Waals surface area (Å²) in [5, 5.41) is 5.12. The van der Waals surface area contributed by atoms with Gasteiger partial charge in [-0.15, -0.1) is 0 Å². The molecule has 0 bridgehead atoms. The maximum Gasteiger partial charge on any atom is 0.131 e. The lowest BCUT2D eigenvalue weighted by Crippen LogP contribution is -2.04. The Hall–Kier alpha value is -1.34. The predicted molar refractivity (Wildman–Crippen MR) is 142 cm³/mol. The predicted octanol–water partition coefficient (Wildman–Crippen LogP) is 9.51. The van der Waals surface area contributed by atoms with Crippen molar-refractivity contribution < 1.29 is 4.74 Å². The molecule has 1 nitrogen and oxygen atoms in total. The molecule has 1 heterocycles. The van der Waals surface area contributed by atoms with Gasteiger partial charge in [0.05, 0.1) is 0 Å². The van der Waals surface area contributed by atoms with Gasteiger partial charge in [-0.3, -0.25) is 0 Å². The Labute approximate surface area is 191 Å². The molecule has 0 amide bonds. The highest BCUT2D eigenvalue weighted by Crippen LogP contribution is 2.42. The molecule has 0 aromatic heterocycles. The van der Waals surface area contributed by atoms with Crippen molar-refractivity contribution in [1.82, 2.24) is 0 Å². The lowest BCUT2D eigenvalue weighted by Gasteiger charge is -2.23. The van der Waals surface area contributed by atoms with E-state index in [0.29, 0.717) is 0 Å². The summed E-state index contributed by atoms with van der Waals surface area (Å²) in [5.74, 6) is 1.97. The van der Waals surface area contributed by atoms with Gasteiger partial charge >= 0.3 is 0 Å². The van der Waals surface area contributed by atoms with Crippen molar-refractivity contribution in [1.29, 1.82) is 0 Å². The molecule has 28 heavy (non-hydrogen) atoms. The van der Waals surface area contributed by atoms with Crippen LogP contribution in [0.4, 0.5) is 0 Å². The minimum atomic E-state index is 0.924. The van der Waals surface area contributed by atoms with E-state index in [1.807, 2.05) is 27.7 Å². The van der Waals surface area contributed by atoms with Crippen LogP contribution in [0.3, 0.4) is 0 Å². The summed E-state index contributed by atoms with van der Waals surface area (Å²) in [4.78, 5) is 0. The largest absolute Gasteiger partial charge is 0.457 e. The minimum absolute atomic E-state index is 0.924. The third kappa shape index (κ3) is 4.62. The van der Waals surface area contributed by atoms with Crippen molar-refractivity contribution >= 4 is 58.8 Å². The first kappa shape index (κ1) is 22.9. The van der Waals surface area contributed by atoms with Gasteiger partial charge in [0.1, 0.15) is 11.5 Å². The van der Waals surface area contributed by atoms with Gasteiger partial charge in [-0.2, -0.15) is 0 Å². The van der Waals surface area contributed by atoms with Crippen molar-refractivity contribution in [3.8, 4) is 11.5 Å². The van der Waals surface area contributed by atoms with Crippen LogP contribution in [0, 0.1) is 0 Å². The molecule has 4 aromatic rings. The van der Waals surface area contributed by atoms with E-state index in [9.17, 15) is 0 Å². The average Bonchev–Trinajstić information content (AvgIpc) is 2.81. The van der Waals surface area contributed by atoms with E-state index in [4.69, 9.17) is 4.74 Å². The van der Waals surface area contributed by atoms with Gasteiger partial charge in [-0.1, -0.05) is 88.4 Å². The molecule has 5 rings (SSSR count). The molecule has 0 atom stereocenters. The van der Waals surface area contributed by atoms with Crippen LogP contribution in [0.2, 0.25) is 0 Å². The molecule has 0 fully saturated rings. The van der Waals surface area contributed by atoms with E-state index >= 15 is 0 Å². The molecule has 0 unspecified atom stereocenters. The Kier molecular flexibility index (Phi) is 9.51. The van der Waals surface area contributed by atoms with Crippen molar-refractivity contribution in [2.45, 2.75) is 34.1 Å². The Morgan fingerprint density at radius 2 is 0.964 bits per heavy atom. The average molecular weight is 596 g/mol. The van der Waals surface area contributed by atoms with Crippen LogP contribution >= 0.6 is 37.2 Å². The van der Waals surface area contributed by atoms with Gasteiger partial charge in [0, 0.05) is 54.8 Å². The molecule has 0 saturated heterocycles. The minimum Gasteiger partial charge on any atom is -0.457 e. The first-order chi connectivity index (χ1) is 13.9. The second kappa shape index (κ2) is 11.6. The first-order valence-electron chi connectivity index (χ1n) is 9.73. The highest BCUT2D eigenvalue weighted by molar-refractivity contribution is 15.0. The number of rotatable bonds is 0. The highest BCUT2D eigenvalue weighted by Gasteiger charge is 2.20. The van der Waals surface area contributed by atoms with Gasteiger partial charge in [0.2, 0.25) is 0 Å². The van der Waals surface area contributed by atoms with Crippen molar-refractivity contribution in [2.75, 3.05) is 0 Å². The molecular formula is C25H26I2O. The molecule has 0 radical (unpaired) electrons. The van der Waals surface area contributed by atoms with Crippen molar-refractivity contribution in [3.05, 3.63) is 83.9 Å². The zero-order valence-corrected chi connectivity index (χ0v) is 21.1. The van der Waals surface area contributed by atoms with Gasteiger partial charge < -0.3 is 4.74 Å². The van der Waals surface area contributed by atoms with E-state index in [1.54, 1.807) is 0 Å². The summed E-state index contributed by atoms with van der Waals surface area (Å²) in [6, 6.07) is 25.5. The van der Waals surface area contributed by atoms with Crippen LogP contribution in [-0.4, -0.2) is 0 Å². The highest BCUT2D eigenvalue weighted by atomic mass is 128. The maximum atomic E-state index is 6.19. The molecule has 1 aliphatic rings. The lowest BCUT2D eigenvalue weighted by atomic mass is 9.92. The quantitative estimate of drug-likeness (QED) is 0.162. The lowest BCUT2D eigenvalue weighted by molar-refractivity contribution is 0.463. The van der Waals surface area contributed by atoms with Crippen LogP contribution in [-0.2, 0) is 6.42 Å². The molecule has 3 heteroatoms. The van der Waals surface area contributed by atoms with E-state index in [0.717, 1.165) is 17.9 Å². The zero-order chi connectivity index (χ0) is 20.5. The summed E-state index contributed by atoms with van der Waals surface area (Å²) in [5.41, 5.74) is 2.59. The first-order valence-corrected chi connectivity index (χ1v) is 16.0. The van der Waals surface area contributed by atoms with Crippen LogP contribution in [0.25, 0.3) is 21.5 Å². The fourth-order valence-electron chi connectivity index (χ4n) is 3.48. The fraction of sp³-hybridized carbons (Fsp3) is 0.200. The number of hydrogen-bond donors (Lipinski definition) is 0. The SMILES string of the molecule is CC.CC.II.c1ccc2c3c(ccc2c1)Oc1ccc2ccccc2c1C3. The molecule has 146 valence electrons. The molecular weight excluding hydrogens is 570 g/mol. The molecule has 1 aliphatic heterocycles. The molecule has 0 spiro atoms. The van der Waals surface area contributed by atoms with E-state index < -0.39 is 0 Å². The number of ether oxygens (including phenoxy) is 1. The summed E-state index contributed by atoms with van der Waals surface area (Å²) in [6.07, 6.45) is 0.924. The second-order valence-electron chi connectivity index (χ2n) is 5.81. The summed E-state index contributed by atoms with van der Waals surface area (Å²) in [7, 11) is 0. The summed E-state index contributed by atoms with van der Waals surface area (Å²) in [6.45, 7) is 8.00. The Morgan fingerprint density at radius 1 is 0.571 bits per heavy atom. The number of fused-ring (bicyclic) bond motifs is 6. The van der Waals surface area contributed by atoms with Gasteiger partial charge in [0.25, 0.3) is 0 Å². The van der Waals surface area contributed by atoms with Crippen molar-refractivity contribution in [3.63, 3.8) is 0 Å². The molecule has 0 N–H and O–H groups in total. The van der Waals surface area contributed by atoms with E-state index in [2.05, 4.69) is 110 Å². The van der Waals surface area contributed by atoms with E-state index in [-0.39, 0.29) is 0 Å². The zero-order valence-electron chi connectivity index (χ0n) is 16.8. The third-order valence-corrected chi connectivity index (χ3v) is 4.57. The van der Waals surface area contributed by atoms with Crippen LogP contribution in [0.5, 0.6) is 11.5 Å². The topological polar surface area (TPSA) is 9.23 Å². The van der Waals surface area contributed by atoms with Crippen LogP contribution < -0.4 is 4.74 Å². The molecule has 4 aromatic carbocycles. The van der Waals surface area contributed by atoms with Crippen LogP contribution in [0.1, 0.15) is 38.8 Å². The second-order valence-corrected chi connectivity index (χ2v) is 5.81. The standard InChI is InChI=1S/C21H14O.2C2H6.I2/c1-3-7-16-14(5-1)9-11-20-18(16)13-19-17-8-4-2-6-15(17)10-12-21(19)22-20;3*1-2/h1-12H,13H2;2*1-2H3;. The third-order valence-electron chi connectivity index (χ3n) is 4.57. The number of hydrogen-bond acceptors (Lipinski definition) is 1. The van der Waals surface area contributed by atoms with Crippen LogP contribution in [0.15, 0.2) is 72.8 Å². The fourth-order valence-corrected chi connectivity index (χ4v) is 3.48. The summed E-state index contributed by atoms with van der Waals surface area (Å²) < 4.78 is 6.19.